The van der Waals surface area contributed by atoms with Crippen molar-refractivity contribution >= 4 is 17.2 Å². The van der Waals surface area contributed by atoms with Gasteiger partial charge in [-0.15, -0.1) is 11.3 Å². The molecule has 1 atom stereocenters. The Morgan fingerprint density at radius 1 is 1.20 bits per heavy atom. The second-order valence-corrected chi connectivity index (χ2v) is 9.84. The number of fused-ring (bicyclic) bond motifs is 1. The largest absolute Gasteiger partial charge is 0.487 e. The van der Waals surface area contributed by atoms with Crippen LogP contribution in [0.4, 0.5) is 0 Å². The zero-order valence-corrected chi connectivity index (χ0v) is 18.3. The predicted molar refractivity (Wildman–Crippen MR) is 117 cm³/mol. The Labute approximate surface area is 181 Å². The highest BCUT2D eigenvalue weighted by molar-refractivity contribution is 7.15. The average molecular weight is 428 g/mol. The number of hydrogen-bond donors (Lipinski definition) is 0. The lowest BCUT2D eigenvalue weighted by molar-refractivity contribution is -0.133. The van der Waals surface area contributed by atoms with Gasteiger partial charge in [-0.2, -0.15) is 0 Å². The van der Waals surface area contributed by atoms with Crippen LogP contribution in [0.2, 0.25) is 0 Å². The molecule has 5 nitrogen and oxygen atoms in total. The zero-order chi connectivity index (χ0) is 20.5. The molecule has 2 fully saturated rings. The molecule has 0 spiro atoms. The molecule has 1 aliphatic carbocycles. The van der Waals surface area contributed by atoms with E-state index in [0.717, 1.165) is 54.9 Å². The normalized spacial score (nSPS) is 21.5. The van der Waals surface area contributed by atoms with Gasteiger partial charge in [0, 0.05) is 34.4 Å². The van der Waals surface area contributed by atoms with Crippen LogP contribution in [-0.4, -0.2) is 43.3 Å². The minimum Gasteiger partial charge on any atom is -0.487 e. The molecular weight excluding hydrogens is 398 g/mol. The van der Waals surface area contributed by atoms with E-state index in [2.05, 4.69) is 31.2 Å². The van der Waals surface area contributed by atoms with Gasteiger partial charge in [0.2, 0.25) is 5.91 Å². The van der Waals surface area contributed by atoms with E-state index in [0.29, 0.717) is 26.3 Å². The highest BCUT2D eigenvalue weighted by atomic mass is 32.1. The molecule has 0 bridgehead atoms. The molecule has 30 heavy (non-hydrogen) atoms. The van der Waals surface area contributed by atoms with Gasteiger partial charge in [0.25, 0.3) is 0 Å². The maximum Gasteiger partial charge on any atom is 0.226 e. The first-order chi connectivity index (χ1) is 14.7. The van der Waals surface area contributed by atoms with Gasteiger partial charge in [-0.05, 0) is 68.9 Å². The summed E-state index contributed by atoms with van der Waals surface area (Å²) in [5.41, 5.74) is 2.15. The maximum atomic E-state index is 12.7. The van der Waals surface area contributed by atoms with Crippen molar-refractivity contribution in [3.63, 3.8) is 0 Å². The molecule has 3 aliphatic rings. The lowest BCUT2D eigenvalue weighted by Gasteiger charge is -2.24. The zero-order valence-electron chi connectivity index (χ0n) is 17.5. The molecule has 160 valence electrons. The second-order valence-electron chi connectivity index (χ2n) is 8.56. The molecule has 0 radical (unpaired) electrons. The Hall–Kier alpha value is -2.05. The molecule has 3 heterocycles. The summed E-state index contributed by atoms with van der Waals surface area (Å²) in [5.74, 6) is 2.04. The van der Waals surface area contributed by atoms with Gasteiger partial charge in [0.15, 0.2) is 11.5 Å². The molecular formula is C24H29NO4S. The summed E-state index contributed by atoms with van der Waals surface area (Å²) in [6, 6.07) is 8.55. The van der Waals surface area contributed by atoms with E-state index < -0.39 is 0 Å². The number of benzene rings is 1. The van der Waals surface area contributed by atoms with Crippen molar-refractivity contribution in [2.24, 2.45) is 5.92 Å². The van der Waals surface area contributed by atoms with Gasteiger partial charge in [0.1, 0.15) is 13.2 Å². The summed E-state index contributed by atoms with van der Waals surface area (Å²) in [4.78, 5) is 17.2. The van der Waals surface area contributed by atoms with Crippen LogP contribution in [-0.2, 0) is 16.1 Å². The number of aryl methyl sites for hydroxylation is 1. The third kappa shape index (κ3) is 4.35. The van der Waals surface area contributed by atoms with Crippen molar-refractivity contribution in [2.75, 3.05) is 26.4 Å². The van der Waals surface area contributed by atoms with Crippen LogP contribution in [0.25, 0.3) is 10.4 Å². The van der Waals surface area contributed by atoms with Crippen LogP contribution in [0, 0.1) is 12.8 Å². The third-order valence-corrected chi connectivity index (χ3v) is 7.11. The smallest absolute Gasteiger partial charge is 0.226 e. The van der Waals surface area contributed by atoms with Crippen LogP contribution in [0.3, 0.4) is 0 Å². The molecule has 5 rings (SSSR count). The number of nitrogens with zero attached hydrogens (tertiary/aromatic N) is 1. The van der Waals surface area contributed by atoms with E-state index >= 15 is 0 Å². The fraction of sp³-hybridized carbons (Fsp3) is 0.542. The summed E-state index contributed by atoms with van der Waals surface area (Å²) in [6.45, 7) is 5.18. The molecule has 0 unspecified atom stereocenters. The van der Waals surface area contributed by atoms with Crippen LogP contribution >= 0.6 is 11.3 Å². The quantitative estimate of drug-likeness (QED) is 0.688. The Morgan fingerprint density at radius 3 is 2.83 bits per heavy atom. The van der Waals surface area contributed by atoms with E-state index in [-0.39, 0.29) is 17.9 Å². The van der Waals surface area contributed by atoms with E-state index in [1.54, 1.807) is 11.3 Å². The summed E-state index contributed by atoms with van der Waals surface area (Å²) >= 11 is 1.77. The molecule has 6 heteroatoms. The first-order valence-corrected chi connectivity index (χ1v) is 11.9. The topological polar surface area (TPSA) is 48.0 Å². The van der Waals surface area contributed by atoms with Crippen LogP contribution in [0.5, 0.6) is 11.5 Å². The molecule has 2 aromatic rings. The highest BCUT2D eigenvalue weighted by Crippen LogP contribution is 2.41. The fourth-order valence-electron chi connectivity index (χ4n) is 4.22. The number of amides is 1. The minimum atomic E-state index is 0.140. The molecule has 2 aliphatic heterocycles. The van der Waals surface area contributed by atoms with E-state index in [1.807, 2.05) is 4.90 Å². The summed E-state index contributed by atoms with van der Waals surface area (Å²) in [6.07, 6.45) is 5.54. The first-order valence-electron chi connectivity index (χ1n) is 11.1. The Kier molecular flexibility index (Phi) is 5.70. The van der Waals surface area contributed by atoms with Gasteiger partial charge in [-0.3, -0.25) is 4.79 Å². The minimum absolute atomic E-state index is 0.140. The fourth-order valence-corrected chi connectivity index (χ4v) is 5.08. The van der Waals surface area contributed by atoms with Crippen molar-refractivity contribution in [3.8, 4) is 21.9 Å². The molecule has 1 aromatic heterocycles. The average Bonchev–Trinajstić information content (AvgIpc) is 3.56. The predicted octanol–water partition coefficient (Wildman–Crippen LogP) is 4.80. The number of hydrogen-bond acceptors (Lipinski definition) is 5. The van der Waals surface area contributed by atoms with Crippen molar-refractivity contribution in [1.29, 1.82) is 0 Å². The number of rotatable bonds is 5. The van der Waals surface area contributed by atoms with Gasteiger partial charge in [-0.25, -0.2) is 0 Å². The SMILES string of the molecule is Cc1ccc(-c2cc3c(c(OC[C@H]4CCCCO4)c2)OCCN(C(=O)C2CC2)C3)s1. The monoisotopic (exact) mass is 427 g/mol. The lowest BCUT2D eigenvalue weighted by atomic mass is 10.1. The Balaban J connectivity index is 1.45. The summed E-state index contributed by atoms with van der Waals surface area (Å²) in [7, 11) is 0. The maximum absolute atomic E-state index is 12.7. The molecule has 0 N–H and O–H groups in total. The van der Waals surface area contributed by atoms with Gasteiger partial charge in [-0.1, -0.05) is 0 Å². The van der Waals surface area contributed by atoms with Crippen LogP contribution in [0.1, 0.15) is 42.5 Å². The standard InChI is InChI=1S/C24H29NO4S/c1-16-5-8-22(30-16)18-12-19-14-25(24(26)17-6-7-17)9-11-28-23(19)21(13-18)29-15-20-4-2-3-10-27-20/h5,8,12-13,17,20H,2-4,6-7,9-11,14-15H2,1H3/t20-/m1/s1. The van der Waals surface area contributed by atoms with E-state index in [1.165, 1.54) is 16.2 Å². The van der Waals surface area contributed by atoms with Crippen molar-refractivity contribution in [1.82, 2.24) is 4.90 Å². The Bertz CT molecular complexity index is 914. The molecule has 1 amide bonds. The molecule has 1 aromatic carbocycles. The van der Waals surface area contributed by atoms with Crippen LogP contribution < -0.4 is 9.47 Å². The van der Waals surface area contributed by atoms with Gasteiger partial charge >= 0.3 is 0 Å². The van der Waals surface area contributed by atoms with Crippen molar-refractivity contribution in [2.45, 2.75) is 51.7 Å². The first kappa shape index (κ1) is 19.9. The van der Waals surface area contributed by atoms with Gasteiger partial charge in [0.05, 0.1) is 12.6 Å². The van der Waals surface area contributed by atoms with E-state index in [4.69, 9.17) is 14.2 Å². The molecule has 1 saturated heterocycles. The highest BCUT2D eigenvalue weighted by Gasteiger charge is 2.35. The van der Waals surface area contributed by atoms with Crippen molar-refractivity contribution < 1.29 is 19.0 Å². The molecule has 1 saturated carbocycles. The van der Waals surface area contributed by atoms with Crippen LogP contribution in [0.15, 0.2) is 24.3 Å². The van der Waals surface area contributed by atoms with Crippen molar-refractivity contribution in [3.05, 3.63) is 34.7 Å². The number of thiophene rings is 1. The number of ether oxygens (including phenoxy) is 3. The lowest BCUT2D eigenvalue weighted by Crippen LogP contribution is -2.33. The second kappa shape index (κ2) is 8.60. The number of carbonyl (C=O) groups is 1. The van der Waals surface area contributed by atoms with E-state index in [9.17, 15) is 4.79 Å². The summed E-state index contributed by atoms with van der Waals surface area (Å²) < 4.78 is 18.3. The summed E-state index contributed by atoms with van der Waals surface area (Å²) in [5, 5.41) is 0. The van der Waals surface area contributed by atoms with Gasteiger partial charge < -0.3 is 19.1 Å². The number of carbonyl (C=O) groups excluding carboxylic acids is 1. The Morgan fingerprint density at radius 2 is 2.10 bits per heavy atom. The third-order valence-electron chi connectivity index (χ3n) is 6.06.